The number of esters is 1. The molecule has 0 unspecified atom stereocenters. The second kappa shape index (κ2) is 11.1. The highest BCUT2D eigenvalue weighted by Gasteiger charge is 2.09. The van der Waals surface area contributed by atoms with Crippen molar-refractivity contribution in [1.82, 2.24) is 4.90 Å². The Morgan fingerprint density at radius 3 is 2.18 bits per heavy atom. The van der Waals surface area contributed by atoms with Gasteiger partial charge in [0.2, 0.25) is 0 Å². The van der Waals surface area contributed by atoms with Gasteiger partial charge in [0, 0.05) is 0 Å². The van der Waals surface area contributed by atoms with Crippen LogP contribution in [0, 0.1) is 0 Å². The van der Waals surface area contributed by atoms with Crippen molar-refractivity contribution in [2.45, 2.75) is 6.92 Å². The normalized spacial score (nSPS) is 9.00. The molecule has 0 aliphatic carbocycles. The molecular weight excluding hydrogens is 229 g/mol. The van der Waals surface area contributed by atoms with Crippen LogP contribution < -0.4 is 0 Å². The molecule has 0 rings (SSSR count). The maximum Gasteiger partial charge on any atom is 0.480 e. The van der Waals surface area contributed by atoms with Crippen molar-refractivity contribution in [1.29, 1.82) is 0 Å². The van der Waals surface area contributed by atoms with Crippen LogP contribution in [0.25, 0.3) is 0 Å². The van der Waals surface area contributed by atoms with Gasteiger partial charge in [-0.25, -0.2) is 0 Å². The van der Waals surface area contributed by atoms with E-state index in [1.165, 1.54) is 4.90 Å². The lowest BCUT2D eigenvalue weighted by Crippen LogP contribution is -2.31. The molecular formula is C9H18BNO6. The molecule has 17 heavy (non-hydrogen) atoms. The summed E-state index contributed by atoms with van der Waals surface area (Å²) in [6.45, 7) is 4.94. The van der Waals surface area contributed by atoms with E-state index in [1.54, 1.807) is 14.0 Å². The third-order valence-corrected chi connectivity index (χ3v) is 1.32. The summed E-state index contributed by atoms with van der Waals surface area (Å²) in [7, 11) is 0.195. The van der Waals surface area contributed by atoms with E-state index in [9.17, 15) is 9.59 Å². The van der Waals surface area contributed by atoms with Crippen LogP contribution >= 0.6 is 0 Å². The number of nitrogens with zero attached hydrogens (tertiary/aromatic N) is 1. The van der Waals surface area contributed by atoms with E-state index in [-0.39, 0.29) is 13.1 Å². The molecule has 0 aliphatic rings. The molecule has 0 radical (unpaired) electrons. The molecule has 0 aromatic heterocycles. The summed E-state index contributed by atoms with van der Waals surface area (Å²) in [5, 5.41) is 23.9. The van der Waals surface area contributed by atoms with Crippen LogP contribution in [0.5, 0.6) is 0 Å². The van der Waals surface area contributed by atoms with Gasteiger partial charge in [0.25, 0.3) is 0 Å². The fourth-order valence-electron chi connectivity index (χ4n) is 0.714. The van der Waals surface area contributed by atoms with Gasteiger partial charge in [0.1, 0.15) is 0 Å². The predicted molar refractivity (Wildman–Crippen MR) is 62.2 cm³/mol. The molecule has 0 fully saturated rings. The molecule has 0 spiro atoms. The van der Waals surface area contributed by atoms with E-state index in [2.05, 4.69) is 11.3 Å². The average Bonchev–Trinajstić information content (AvgIpc) is 2.17. The summed E-state index contributed by atoms with van der Waals surface area (Å²) in [4.78, 5) is 22.3. The first-order valence-electron chi connectivity index (χ1n) is 4.88. The summed E-state index contributed by atoms with van der Waals surface area (Å²) in [5.41, 5.74) is 0. The van der Waals surface area contributed by atoms with Crippen LogP contribution in [-0.2, 0) is 14.3 Å². The number of carbonyl (C=O) groups excluding carboxylic acids is 1. The zero-order valence-electron chi connectivity index (χ0n) is 10.00. The predicted octanol–water partition coefficient (Wildman–Crippen LogP) is -1.25. The molecule has 0 aliphatic heterocycles. The minimum Gasteiger partial charge on any atom is -0.480 e. The first-order valence-corrected chi connectivity index (χ1v) is 4.88. The van der Waals surface area contributed by atoms with Gasteiger partial charge in [0.15, 0.2) is 0 Å². The highest BCUT2D eigenvalue weighted by molar-refractivity contribution is 6.47. The van der Waals surface area contributed by atoms with E-state index in [4.69, 9.17) is 15.2 Å². The van der Waals surface area contributed by atoms with Gasteiger partial charge in [0.05, 0.1) is 19.7 Å². The van der Waals surface area contributed by atoms with E-state index in [0.717, 1.165) is 5.98 Å². The number of likely N-dealkylation sites (N-methyl/N-ethyl adjacent to an activating group) is 1. The van der Waals surface area contributed by atoms with E-state index >= 15 is 0 Å². The van der Waals surface area contributed by atoms with Gasteiger partial charge in [-0.3, -0.25) is 14.5 Å². The van der Waals surface area contributed by atoms with Crippen molar-refractivity contribution < 1.29 is 29.5 Å². The molecule has 3 N–H and O–H groups in total. The van der Waals surface area contributed by atoms with Crippen LogP contribution in [0.2, 0.25) is 0 Å². The Bertz CT molecular complexity index is 246. The van der Waals surface area contributed by atoms with Crippen molar-refractivity contribution in [2.24, 2.45) is 0 Å². The number of carboxylic acids is 1. The minimum atomic E-state index is -1.35. The number of hydrogen-bond acceptors (Lipinski definition) is 6. The summed E-state index contributed by atoms with van der Waals surface area (Å²) >= 11 is 0. The zero-order valence-corrected chi connectivity index (χ0v) is 10.00. The standard InChI is InChI=1S/C7H13NO4.C2H5BO2/c1-3-12-7(11)5-8(2)4-6(9)10;1-2-3(4)5/h3-5H2,1-2H3,(H,9,10);2,4-5H,1H2. The third kappa shape index (κ3) is 17.2. The first kappa shape index (κ1) is 18.0. The fourth-order valence-corrected chi connectivity index (χ4v) is 0.714. The van der Waals surface area contributed by atoms with Gasteiger partial charge in [-0.05, 0) is 14.0 Å². The molecule has 0 heterocycles. The van der Waals surface area contributed by atoms with Crippen molar-refractivity contribution in [3.8, 4) is 0 Å². The maximum atomic E-state index is 10.8. The third-order valence-electron chi connectivity index (χ3n) is 1.32. The van der Waals surface area contributed by atoms with Crippen molar-refractivity contribution >= 4 is 19.1 Å². The second-order valence-corrected chi connectivity index (χ2v) is 3.02. The summed E-state index contributed by atoms with van der Waals surface area (Å²) < 4.78 is 4.62. The molecule has 98 valence electrons. The van der Waals surface area contributed by atoms with Gasteiger partial charge in [-0.2, -0.15) is 0 Å². The first-order chi connectivity index (χ1) is 7.83. The lowest BCUT2D eigenvalue weighted by Gasteiger charge is -2.11. The quantitative estimate of drug-likeness (QED) is 0.397. The highest BCUT2D eigenvalue weighted by Crippen LogP contribution is 1.85. The Kier molecular flexibility index (Phi) is 11.8. The maximum absolute atomic E-state index is 10.8. The lowest BCUT2D eigenvalue weighted by atomic mass is 9.94. The van der Waals surface area contributed by atoms with Crippen molar-refractivity contribution in [3.63, 3.8) is 0 Å². The SMILES string of the molecule is C=CB(O)O.CCOC(=O)CN(C)CC(=O)O. The molecule has 0 saturated carbocycles. The van der Waals surface area contributed by atoms with E-state index in [1.807, 2.05) is 0 Å². The summed E-state index contributed by atoms with van der Waals surface area (Å²) in [5.74, 6) is -0.331. The van der Waals surface area contributed by atoms with Gasteiger partial charge in [-0.1, -0.05) is 5.98 Å². The van der Waals surface area contributed by atoms with Crippen LogP contribution in [-0.4, -0.2) is 65.9 Å². The smallest absolute Gasteiger partial charge is 0.480 e. The van der Waals surface area contributed by atoms with E-state index < -0.39 is 19.1 Å². The number of hydrogen-bond donors (Lipinski definition) is 3. The summed E-state index contributed by atoms with van der Waals surface area (Å²) in [6.07, 6.45) is 0. The van der Waals surface area contributed by atoms with Crippen LogP contribution in [0.15, 0.2) is 12.6 Å². The highest BCUT2D eigenvalue weighted by atomic mass is 16.5. The van der Waals surface area contributed by atoms with Crippen LogP contribution in [0.1, 0.15) is 6.92 Å². The monoisotopic (exact) mass is 247 g/mol. The largest absolute Gasteiger partial charge is 0.480 e. The number of carbonyl (C=O) groups is 2. The Morgan fingerprint density at radius 1 is 1.41 bits per heavy atom. The Hall–Kier alpha value is -1.38. The number of rotatable bonds is 6. The Balaban J connectivity index is 0. The minimum absolute atomic E-state index is 0.0140. The van der Waals surface area contributed by atoms with Gasteiger partial charge < -0.3 is 19.9 Å². The lowest BCUT2D eigenvalue weighted by molar-refractivity contribution is -0.145. The van der Waals surface area contributed by atoms with Crippen LogP contribution in [0.4, 0.5) is 0 Å². The second-order valence-electron chi connectivity index (χ2n) is 3.02. The molecule has 0 saturated heterocycles. The Labute approximate surface area is 100 Å². The molecule has 8 heteroatoms. The van der Waals surface area contributed by atoms with Crippen molar-refractivity contribution in [3.05, 3.63) is 12.6 Å². The molecule has 0 atom stereocenters. The van der Waals surface area contributed by atoms with Crippen molar-refractivity contribution in [2.75, 3.05) is 26.7 Å². The molecule has 0 bridgehead atoms. The summed E-state index contributed by atoms with van der Waals surface area (Å²) in [6, 6.07) is 0. The van der Waals surface area contributed by atoms with Crippen LogP contribution in [0.3, 0.4) is 0 Å². The average molecular weight is 247 g/mol. The Morgan fingerprint density at radius 2 is 1.88 bits per heavy atom. The topological polar surface area (TPSA) is 107 Å². The van der Waals surface area contributed by atoms with E-state index in [0.29, 0.717) is 6.61 Å². The van der Waals surface area contributed by atoms with Gasteiger partial charge >= 0.3 is 19.1 Å². The molecule has 0 aromatic carbocycles. The number of carboxylic acid groups (broad SMARTS) is 1. The molecule has 7 nitrogen and oxygen atoms in total. The van der Waals surface area contributed by atoms with Gasteiger partial charge in [-0.15, -0.1) is 6.58 Å². The fraction of sp³-hybridized carbons (Fsp3) is 0.556. The molecule has 0 amide bonds. The zero-order chi connectivity index (χ0) is 13.8. The number of ether oxygens (including phenoxy) is 1. The number of aliphatic carboxylic acids is 1. The molecule has 0 aromatic rings.